The molecule has 0 aliphatic heterocycles. The van der Waals surface area contributed by atoms with E-state index in [1.807, 2.05) is 64.1 Å². The van der Waals surface area contributed by atoms with Crippen LogP contribution in [0.15, 0.2) is 57.2 Å². The van der Waals surface area contributed by atoms with Crippen molar-refractivity contribution in [1.82, 2.24) is 15.4 Å². The number of aromatic nitrogens is 2. The highest BCUT2D eigenvalue weighted by Crippen LogP contribution is 2.37. The maximum Gasteiger partial charge on any atom is 0.250 e. The quantitative estimate of drug-likeness (QED) is 0.160. The number of aryl methyl sites for hydroxylation is 3. The van der Waals surface area contributed by atoms with Crippen molar-refractivity contribution in [3.05, 3.63) is 75.0 Å². The van der Waals surface area contributed by atoms with Crippen molar-refractivity contribution in [2.45, 2.75) is 39.5 Å². The van der Waals surface area contributed by atoms with Crippen molar-refractivity contribution >= 4 is 39.8 Å². The number of nitrogens with zero attached hydrogens (tertiary/aromatic N) is 3. The van der Waals surface area contributed by atoms with Crippen molar-refractivity contribution in [1.29, 1.82) is 0 Å². The van der Waals surface area contributed by atoms with Gasteiger partial charge in [-0.05, 0) is 73.0 Å². The van der Waals surface area contributed by atoms with Gasteiger partial charge >= 0.3 is 0 Å². The van der Waals surface area contributed by atoms with Gasteiger partial charge in [-0.25, -0.2) is 15.4 Å². The van der Waals surface area contributed by atoms with Crippen LogP contribution in [0.1, 0.15) is 35.0 Å². The number of hydrogen-bond donors (Lipinski definition) is 1. The molecular weight excluding hydrogens is 516 g/mol. The van der Waals surface area contributed by atoms with E-state index in [0.717, 1.165) is 27.0 Å². The van der Waals surface area contributed by atoms with E-state index in [1.165, 1.54) is 17.3 Å². The van der Waals surface area contributed by atoms with Crippen LogP contribution in [0, 0.1) is 20.8 Å². The third kappa shape index (κ3) is 7.85. The van der Waals surface area contributed by atoms with E-state index in [2.05, 4.69) is 42.5 Å². The third-order valence-corrected chi connectivity index (χ3v) is 5.93. The van der Waals surface area contributed by atoms with Crippen molar-refractivity contribution < 1.29 is 14.3 Å². The molecule has 0 aliphatic carbocycles. The molecule has 9 heteroatoms. The highest BCUT2D eigenvalue weighted by molar-refractivity contribution is 9.10. The standard InChI is InChI=1S/C25H27BrN4O3S/c1-5-32-22-12-20(11-21(26)24(22)33-14-19-8-6-7-16(2)9-19)13-27-30-23(31)15-34-25-28-17(3)10-18(4)29-25/h6-13H,5,14-15H2,1-4H3,(H,30,31)/b27-13-. The summed E-state index contributed by atoms with van der Waals surface area (Å²) in [5, 5.41) is 4.64. The minimum Gasteiger partial charge on any atom is -0.490 e. The number of amides is 1. The van der Waals surface area contributed by atoms with Gasteiger partial charge in [-0.15, -0.1) is 0 Å². The fourth-order valence-electron chi connectivity index (χ4n) is 3.12. The Morgan fingerprint density at radius 3 is 2.59 bits per heavy atom. The number of thioether (sulfide) groups is 1. The molecule has 3 rings (SSSR count). The predicted octanol–water partition coefficient (Wildman–Crippen LogP) is 5.38. The summed E-state index contributed by atoms with van der Waals surface area (Å²) >= 11 is 4.84. The molecule has 0 saturated carbocycles. The van der Waals surface area contributed by atoms with E-state index in [9.17, 15) is 4.79 Å². The van der Waals surface area contributed by atoms with Crippen molar-refractivity contribution in [2.75, 3.05) is 12.4 Å². The number of rotatable bonds is 10. The SMILES string of the molecule is CCOc1cc(/C=N\NC(=O)CSc2nc(C)cc(C)n2)cc(Br)c1OCc1cccc(C)c1. The van der Waals surface area contributed by atoms with Crippen LogP contribution in [0.4, 0.5) is 0 Å². The van der Waals surface area contributed by atoms with E-state index in [4.69, 9.17) is 9.47 Å². The number of benzene rings is 2. The summed E-state index contributed by atoms with van der Waals surface area (Å²) in [6, 6.07) is 13.7. The van der Waals surface area contributed by atoms with Gasteiger partial charge in [0.05, 0.1) is 23.0 Å². The first-order valence-electron chi connectivity index (χ1n) is 10.8. The number of hydrazone groups is 1. The zero-order valence-electron chi connectivity index (χ0n) is 19.6. The minimum absolute atomic E-state index is 0.167. The van der Waals surface area contributed by atoms with Crippen molar-refractivity contribution in [2.24, 2.45) is 5.10 Å². The maximum atomic E-state index is 12.2. The minimum atomic E-state index is -0.244. The molecule has 0 unspecified atom stereocenters. The molecule has 178 valence electrons. The normalized spacial score (nSPS) is 11.0. The fraction of sp³-hybridized carbons (Fsp3) is 0.280. The fourth-order valence-corrected chi connectivity index (χ4v) is 4.44. The molecule has 2 aromatic carbocycles. The number of halogens is 1. The van der Waals surface area contributed by atoms with E-state index in [-0.39, 0.29) is 11.7 Å². The smallest absolute Gasteiger partial charge is 0.250 e. The van der Waals surface area contributed by atoms with Crippen molar-refractivity contribution in [3.8, 4) is 11.5 Å². The number of carbonyl (C=O) groups excluding carboxylic acids is 1. The van der Waals surface area contributed by atoms with Crippen LogP contribution in [-0.2, 0) is 11.4 Å². The van der Waals surface area contributed by atoms with E-state index in [0.29, 0.717) is 29.9 Å². The van der Waals surface area contributed by atoms with Gasteiger partial charge in [0.2, 0.25) is 0 Å². The van der Waals surface area contributed by atoms with E-state index >= 15 is 0 Å². The Morgan fingerprint density at radius 1 is 1.12 bits per heavy atom. The first kappa shape index (κ1) is 25.7. The van der Waals surface area contributed by atoms with Gasteiger partial charge in [0.25, 0.3) is 5.91 Å². The number of ether oxygens (including phenoxy) is 2. The summed E-state index contributed by atoms with van der Waals surface area (Å²) in [7, 11) is 0. The van der Waals surface area contributed by atoms with Gasteiger partial charge in [-0.1, -0.05) is 41.6 Å². The lowest BCUT2D eigenvalue weighted by atomic mass is 10.1. The number of hydrogen-bond acceptors (Lipinski definition) is 7. The van der Waals surface area contributed by atoms with Crippen LogP contribution in [0.5, 0.6) is 11.5 Å². The van der Waals surface area contributed by atoms with Crippen LogP contribution in [0.3, 0.4) is 0 Å². The Morgan fingerprint density at radius 2 is 1.88 bits per heavy atom. The van der Waals surface area contributed by atoms with Crippen molar-refractivity contribution in [3.63, 3.8) is 0 Å². The molecule has 1 heterocycles. The second kappa shape index (κ2) is 12.5. The average molecular weight is 543 g/mol. The molecule has 0 bridgehead atoms. The molecule has 0 saturated heterocycles. The van der Waals surface area contributed by atoms with Crippen LogP contribution in [0.2, 0.25) is 0 Å². The lowest BCUT2D eigenvalue weighted by Gasteiger charge is -2.15. The second-order valence-corrected chi connectivity index (χ2v) is 9.35. The molecule has 1 aromatic heterocycles. The summed E-state index contributed by atoms with van der Waals surface area (Å²) < 4.78 is 12.6. The molecule has 1 N–H and O–H groups in total. The van der Waals surface area contributed by atoms with Gasteiger partial charge in [0.15, 0.2) is 16.7 Å². The highest BCUT2D eigenvalue weighted by atomic mass is 79.9. The van der Waals surface area contributed by atoms with E-state index < -0.39 is 0 Å². The predicted molar refractivity (Wildman–Crippen MR) is 139 cm³/mol. The lowest BCUT2D eigenvalue weighted by Crippen LogP contribution is -2.19. The molecule has 0 aliphatic rings. The molecular formula is C25H27BrN4O3S. The second-order valence-electron chi connectivity index (χ2n) is 7.56. The van der Waals surface area contributed by atoms with Gasteiger partial charge in [-0.3, -0.25) is 4.79 Å². The lowest BCUT2D eigenvalue weighted by molar-refractivity contribution is -0.118. The Bertz CT molecular complexity index is 1170. The van der Waals surface area contributed by atoms with Gasteiger partial charge in [-0.2, -0.15) is 5.10 Å². The largest absolute Gasteiger partial charge is 0.490 e. The molecule has 3 aromatic rings. The maximum absolute atomic E-state index is 12.2. The summed E-state index contributed by atoms with van der Waals surface area (Å²) in [5.41, 5.74) is 7.29. The average Bonchev–Trinajstić information content (AvgIpc) is 2.77. The number of nitrogens with one attached hydrogen (secondary N) is 1. The molecule has 0 fully saturated rings. The van der Waals surface area contributed by atoms with E-state index in [1.54, 1.807) is 6.21 Å². The van der Waals surface area contributed by atoms with Crippen LogP contribution >= 0.6 is 27.7 Å². The Balaban J connectivity index is 1.61. The van der Waals surface area contributed by atoms with Crippen LogP contribution < -0.4 is 14.9 Å². The molecule has 7 nitrogen and oxygen atoms in total. The zero-order valence-corrected chi connectivity index (χ0v) is 22.0. The summed E-state index contributed by atoms with van der Waals surface area (Å²) in [6.07, 6.45) is 1.56. The van der Waals surface area contributed by atoms with Crippen LogP contribution in [0.25, 0.3) is 0 Å². The zero-order chi connectivity index (χ0) is 24.5. The molecule has 0 atom stereocenters. The Labute approximate surface area is 212 Å². The van der Waals surface area contributed by atoms with Gasteiger partial charge in [0, 0.05) is 11.4 Å². The first-order chi connectivity index (χ1) is 16.3. The van der Waals surface area contributed by atoms with Gasteiger partial charge < -0.3 is 9.47 Å². The van der Waals surface area contributed by atoms with Gasteiger partial charge in [0.1, 0.15) is 6.61 Å². The summed E-state index contributed by atoms with van der Waals surface area (Å²) in [5.74, 6) is 1.14. The number of carbonyl (C=O) groups is 1. The Kier molecular flexibility index (Phi) is 9.47. The topological polar surface area (TPSA) is 85.7 Å². The molecule has 0 spiro atoms. The Hall–Kier alpha value is -2.91. The monoisotopic (exact) mass is 542 g/mol. The first-order valence-corrected chi connectivity index (χ1v) is 12.5. The molecule has 34 heavy (non-hydrogen) atoms. The van der Waals surface area contributed by atoms with Crippen LogP contribution in [-0.4, -0.2) is 34.4 Å². The summed E-state index contributed by atoms with van der Waals surface area (Å²) in [4.78, 5) is 20.8. The summed E-state index contributed by atoms with van der Waals surface area (Å²) in [6.45, 7) is 8.67. The third-order valence-electron chi connectivity index (χ3n) is 4.49. The molecule has 0 radical (unpaired) electrons. The molecule has 1 amide bonds. The highest BCUT2D eigenvalue weighted by Gasteiger charge is 2.12.